The van der Waals surface area contributed by atoms with E-state index in [2.05, 4.69) is 15.3 Å². The third kappa shape index (κ3) is 3.61. The second-order valence-corrected chi connectivity index (χ2v) is 8.17. The van der Waals surface area contributed by atoms with Gasteiger partial charge in [0.15, 0.2) is 11.9 Å². The molecule has 0 aliphatic carbocycles. The van der Waals surface area contributed by atoms with Crippen LogP contribution in [0.15, 0.2) is 29.1 Å². The quantitative estimate of drug-likeness (QED) is 0.639. The highest BCUT2D eigenvalue weighted by atomic mass is 32.1. The number of nitrogens with zero attached hydrogens (tertiary/aromatic N) is 2. The van der Waals surface area contributed by atoms with E-state index in [-0.39, 0.29) is 24.6 Å². The summed E-state index contributed by atoms with van der Waals surface area (Å²) >= 11 is 1.44. The molecule has 1 atom stereocenters. The van der Waals surface area contributed by atoms with E-state index in [4.69, 9.17) is 4.74 Å². The van der Waals surface area contributed by atoms with E-state index in [0.717, 1.165) is 16.1 Å². The van der Waals surface area contributed by atoms with Crippen molar-refractivity contribution in [2.75, 3.05) is 23.3 Å². The van der Waals surface area contributed by atoms with Gasteiger partial charge in [-0.25, -0.2) is 4.98 Å². The maximum atomic E-state index is 12.5. The van der Waals surface area contributed by atoms with Gasteiger partial charge in [-0.1, -0.05) is 12.1 Å². The van der Waals surface area contributed by atoms with Gasteiger partial charge in [-0.05, 0) is 38.5 Å². The number of benzene rings is 1. The van der Waals surface area contributed by atoms with Crippen LogP contribution in [0.25, 0.3) is 10.2 Å². The smallest absolute Gasteiger partial charge is 0.326 e. The molecule has 0 radical (unpaired) electrons. The van der Waals surface area contributed by atoms with Crippen LogP contribution in [0, 0.1) is 13.8 Å². The van der Waals surface area contributed by atoms with Crippen molar-refractivity contribution in [1.82, 2.24) is 9.97 Å². The minimum Gasteiger partial charge on any atom is -0.453 e. The number of H-pyrrole nitrogens is 1. The molecule has 1 aliphatic heterocycles. The van der Waals surface area contributed by atoms with Crippen LogP contribution in [0.1, 0.15) is 29.3 Å². The topological polar surface area (TPSA) is 104 Å². The Balaban J connectivity index is 1.51. The molecule has 0 unspecified atom stereocenters. The monoisotopic (exact) mass is 412 g/mol. The third-order valence-electron chi connectivity index (χ3n) is 4.92. The zero-order valence-electron chi connectivity index (χ0n) is 16.2. The van der Waals surface area contributed by atoms with Crippen molar-refractivity contribution in [3.63, 3.8) is 0 Å². The molecule has 9 heteroatoms. The summed E-state index contributed by atoms with van der Waals surface area (Å²) in [6.45, 7) is 5.47. The molecule has 150 valence electrons. The van der Waals surface area contributed by atoms with Gasteiger partial charge >= 0.3 is 5.97 Å². The van der Waals surface area contributed by atoms with E-state index in [9.17, 15) is 14.4 Å². The summed E-state index contributed by atoms with van der Waals surface area (Å²) < 4.78 is 5.49. The summed E-state index contributed by atoms with van der Waals surface area (Å²) in [5.41, 5.74) is 2.09. The Morgan fingerprint density at radius 2 is 2.07 bits per heavy atom. The van der Waals surface area contributed by atoms with Gasteiger partial charge in [0.2, 0.25) is 5.91 Å². The predicted molar refractivity (Wildman–Crippen MR) is 112 cm³/mol. The number of para-hydroxylation sites is 2. The lowest BCUT2D eigenvalue weighted by Crippen LogP contribution is -2.41. The zero-order chi connectivity index (χ0) is 20.7. The maximum Gasteiger partial charge on any atom is 0.326 e. The molecule has 3 aromatic rings. The van der Waals surface area contributed by atoms with Crippen molar-refractivity contribution < 1.29 is 14.3 Å². The second-order valence-electron chi connectivity index (χ2n) is 6.97. The standard InChI is InChI=1S/C20H20N4O4S/c1-10-12(3)29-20-17(10)19(27)22-18(23-20)11(2)28-16(26)9-24-8-15(25)21-13-6-4-5-7-14(13)24/h4-7,11H,8-9H2,1-3H3,(H,21,25)(H,22,23,27)/t11-/m0/s1. The van der Waals surface area contributed by atoms with Crippen LogP contribution < -0.4 is 15.8 Å². The Morgan fingerprint density at radius 1 is 1.31 bits per heavy atom. The number of carbonyl (C=O) groups excluding carboxylic acids is 2. The highest BCUT2D eigenvalue weighted by molar-refractivity contribution is 7.18. The molecule has 0 spiro atoms. The minimum atomic E-state index is -0.726. The number of nitrogens with one attached hydrogen (secondary N) is 2. The lowest BCUT2D eigenvalue weighted by Gasteiger charge is -2.30. The molecule has 29 heavy (non-hydrogen) atoms. The van der Waals surface area contributed by atoms with Gasteiger partial charge in [-0.3, -0.25) is 14.4 Å². The first-order valence-electron chi connectivity index (χ1n) is 9.16. The van der Waals surface area contributed by atoms with Gasteiger partial charge in [-0.15, -0.1) is 11.3 Å². The summed E-state index contributed by atoms with van der Waals surface area (Å²) in [4.78, 5) is 47.4. The van der Waals surface area contributed by atoms with Crippen molar-refractivity contribution in [2.24, 2.45) is 0 Å². The lowest BCUT2D eigenvalue weighted by atomic mass is 10.2. The van der Waals surface area contributed by atoms with E-state index in [1.54, 1.807) is 17.9 Å². The number of hydrogen-bond donors (Lipinski definition) is 2. The van der Waals surface area contributed by atoms with Crippen LogP contribution in [0.2, 0.25) is 0 Å². The number of thiophene rings is 1. The van der Waals surface area contributed by atoms with Crippen LogP contribution in [0.5, 0.6) is 0 Å². The Labute approximate surface area is 170 Å². The first kappa shape index (κ1) is 19.1. The molecule has 3 heterocycles. The fourth-order valence-corrected chi connectivity index (χ4v) is 4.39. The van der Waals surface area contributed by atoms with E-state index >= 15 is 0 Å². The number of fused-ring (bicyclic) bond motifs is 2. The molecular weight excluding hydrogens is 392 g/mol. The van der Waals surface area contributed by atoms with Crippen molar-refractivity contribution in [2.45, 2.75) is 26.9 Å². The minimum absolute atomic E-state index is 0.0648. The molecule has 1 aliphatic rings. The fraction of sp³-hybridized carbons (Fsp3) is 0.300. The number of aryl methyl sites for hydroxylation is 2. The highest BCUT2D eigenvalue weighted by Crippen LogP contribution is 2.29. The highest BCUT2D eigenvalue weighted by Gasteiger charge is 2.25. The normalized spacial score (nSPS) is 14.4. The van der Waals surface area contributed by atoms with Crippen LogP contribution in [-0.4, -0.2) is 34.9 Å². The van der Waals surface area contributed by atoms with Crippen molar-refractivity contribution in [3.05, 3.63) is 50.9 Å². The van der Waals surface area contributed by atoms with Crippen LogP contribution in [0.3, 0.4) is 0 Å². The second kappa shape index (κ2) is 7.32. The Bertz CT molecular complexity index is 1180. The maximum absolute atomic E-state index is 12.5. The van der Waals surface area contributed by atoms with Gasteiger partial charge in [0.25, 0.3) is 5.56 Å². The zero-order valence-corrected chi connectivity index (χ0v) is 17.1. The SMILES string of the molecule is Cc1sc2nc([C@H](C)OC(=O)CN3CC(=O)Nc4ccccc43)[nH]c(=O)c2c1C. The number of aromatic nitrogens is 2. The Kier molecular flexibility index (Phi) is 4.83. The van der Waals surface area contributed by atoms with Crippen LogP contribution in [0.4, 0.5) is 11.4 Å². The molecule has 1 amide bonds. The number of carbonyl (C=O) groups is 2. The van der Waals surface area contributed by atoms with Crippen molar-refractivity contribution in [1.29, 1.82) is 0 Å². The summed E-state index contributed by atoms with van der Waals surface area (Å²) in [6.07, 6.45) is -0.726. The number of rotatable bonds is 4. The molecular formula is C20H20N4O4S. The van der Waals surface area contributed by atoms with Crippen molar-refractivity contribution in [3.8, 4) is 0 Å². The molecule has 2 aromatic heterocycles. The van der Waals surface area contributed by atoms with E-state index in [1.165, 1.54) is 11.3 Å². The molecule has 1 aromatic carbocycles. The summed E-state index contributed by atoms with van der Waals surface area (Å²) in [6, 6.07) is 7.27. The van der Waals surface area contributed by atoms with Crippen LogP contribution >= 0.6 is 11.3 Å². The predicted octanol–water partition coefficient (Wildman–Crippen LogP) is 2.66. The van der Waals surface area contributed by atoms with Gasteiger partial charge in [-0.2, -0.15) is 0 Å². The Morgan fingerprint density at radius 3 is 2.86 bits per heavy atom. The largest absolute Gasteiger partial charge is 0.453 e. The molecule has 8 nitrogen and oxygen atoms in total. The molecule has 4 rings (SSSR count). The number of hydrogen-bond acceptors (Lipinski definition) is 7. The Hall–Kier alpha value is -3.20. The molecule has 0 bridgehead atoms. The molecule has 0 fully saturated rings. The lowest BCUT2D eigenvalue weighted by molar-refractivity contribution is -0.147. The van der Waals surface area contributed by atoms with Gasteiger partial charge in [0.05, 0.1) is 23.3 Å². The summed E-state index contributed by atoms with van der Waals surface area (Å²) in [7, 11) is 0. The first-order valence-corrected chi connectivity index (χ1v) is 9.98. The van der Waals surface area contributed by atoms with Gasteiger partial charge in [0.1, 0.15) is 11.4 Å². The number of aromatic amines is 1. The number of ether oxygens (including phenoxy) is 1. The fourth-order valence-electron chi connectivity index (χ4n) is 3.35. The van der Waals surface area contributed by atoms with E-state index in [1.807, 2.05) is 32.0 Å². The van der Waals surface area contributed by atoms with E-state index < -0.39 is 12.1 Å². The summed E-state index contributed by atoms with van der Waals surface area (Å²) in [5.74, 6) is -0.401. The molecule has 0 saturated carbocycles. The van der Waals surface area contributed by atoms with Crippen LogP contribution in [-0.2, 0) is 14.3 Å². The average Bonchev–Trinajstić information content (AvgIpc) is 2.95. The summed E-state index contributed by atoms with van der Waals surface area (Å²) in [5, 5.41) is 3.35. The van der Waals surface area contributed by atoms with E-state index in [0.29, 0.717) is 21.7 Å². The van der Waals surface area contributed by atoms with Gasteiger partial charge < -0.3 is 19.9 Å². The number of esters is 1. The number of anilines is 2. The third-order valence-corrected chi connectivity index (χ3v) is 6.03. The molecule has 0 saturated heterocycles. The molecule has 2 N–H and O–H groups in total. The van der Waals surface area contributed by atoms with Gasteiger partial charge in [0, 0.05) is 4.88 Å². The first-order chi connectivity index (χ1) is 13.8. The van der Waals surface area contributed by atoms with Crippen molar-refractivity contribution >= 4 is 44.8 Å². The number of amides is 1. The average molecular weight is 412 g/mol.